The SMILES string of the molecule is CCc1cnn2c(-c3cnn(C)c3)cc(=O)[nH]c12. The van der Waals surface area contributed by atoms with Gasteiger partial charge in [0.2, 0.25) is 0 Å². The molecule has 0 aliphatic rings. The maximum absolute atomic E-state index is 11.7. The molecule has 0 aliphatic carbocycles. The van der Waals surface area contributed by atoms with Crippen molar-refractivity contribution in [1.82, 2.24) is 24.4 Å². The number of aromatic amines is 1. The van der Waals surface area contributed by atoms with E-state index in [1.807, 2.05) is 20.2 Å². The quantitative estimate of drug-likeness (QED) is 0.729. The highest BCUT2D eigenvalue weighted by atomic mass is 16.1. The molecule has 6 nitrogen and oxygen atoms in total. The molecule has 1 N–H and O–H groups in total. The zero-order valence-electron chi connectivity index (χ0n) is 10.2. The van der Waals surface area contributed by atoms with Gasteiger partial charge in [-0.25, -0.2) is 4.52 Å². The Morgan fingerprint density at radius 1 is 1.33 bits per heavy atom. The van der Waals surface area contributed by atoms with Crippen molar-refractivity contribution < 1.29 is 0 Å². The van der Waals surface area contributed by atoms with Gasteiger partial charge < -0.3 is 4.98 Å². The highest BCUT2D eigenvalue weighted by Gasteiger charge is 2.11. The van der Waals surface area contributed by atoms with Crippen molar-refractivity contribution in [3.05, 3.63) is 40.6 Å². The summed E-state index contributed by atoms with van der Waals surface area (Å²) >= 11 is 0. The lowest BCUT2D eigenvalue weighted by Crippen LogP contribution is -2.10. The molecule has 18 heavy (non-hydrogen) atoms. The Morgan fingerprint density at radius 2 is 2.17 bits per heavy atom. The molecule has 0 aromatic carbocycles. The van der Waals surface area contributed by atoms with Crippen LogP contribution in [0, 0.1) is 0 Å². The Bertz CT molecular complexity index is 764. The first-order valence-corrected chi connectivity index (χ1v) is 5.78. The first-order chi connectivity index (χ1) is 8.69. The molecule has 0 unspecified atom stereocenters. The van der Waals surface area contributed by atoms with Gasteiger partial charge in [0.25, 0.3) is 5.56 Å². The maximum atomic E-state index is 11.7. The van der Waals surface area contributed by atoms with Gasteiger partial charge in [-0.3, -0.25) is 9.48 Å². The van der Waals surface area contributed by atoms with Gasteiger partial charge in [-0.2, -0.15) is 10.2 Å². The number of hydrogen-bond acceptors (Lipinski definition) is 3. The normalized spacial score (nSPS) is 11.2. The molecule has 3 heterocycles. The van der Waals surface area contributed by atoms with E-state index < -0.39 is 0 Å². The summed E-state index contributed by atoms with van der Waals surface area (Å²) in [5, 5.41) is 8.45. The van der Waals surface area contributed by atoms with Crippen molar-refractivity contribution in [3.8, 4) is 11.3 Å². The maximum Gasteiger partial charge on any atom is 0.251 e. The molecule has 0 saturated heterocycles. The van der Waals surface area contributed by atoms with Crippen LogP contribution in [0.2, 0.25) is 0 Å². The number of aromatic nitrogens is 5. The molecular weight excluding hydrogens is 230 g/mol. The van der Waals surface area contributed by atoms with E-state index in [1.165, 1.54) is 6.07 Å². The van der Waals surface area contributed by atoms with Gasteiger partial charge in [-0.15, -0.1) is 0 Å². The molecule has 0 bridgehead atoms. The number of rotatable bonds is 2. The number of nitrogens with zero attached hydrogens (tertiary/aromatic N) is 4. The summed E-state index contributed by atoms with van der Waals surface area (Å²) in [4.78, 5) is 14.6. The largest absolute Gasteiger partial charge is 0.307 e. The molecule has 3 aromatic heterocycles. The van der Waals surface area contributed by atoms with Crippen molar-refractivity contribution in [1.29, 1.82) is 0 Å². The molecule has 0 aliphatic heterocycles. The predicted octanol–water partition coefficient (Wildman–Crippen LogP) is 0.985. The Balaban J connectivity index is 2.35. The summed E-state index contributed by atoms with van der Waals surface area (Å²) < 4.78 is 3.45. The summed E-state index contributed by atoms with van der Waals surface area (Å²) in [6.45, 7) is 2.03. The molecule has 0 saturated carbocycles. The van der Waals surface area contributed by atoms with Gasteiger partial charge in [-0.1, -0.05) is 6.92 Å². The van der Waals surface area contributed by atoms with Crippen molar-refractivity contribution in [2.24, 2.45) is 7.05 Å². The highest BCUT2D eigenvalue weighted by Crippen LogP contribution is 2.18. The van der Waals surface area contributed by atoms with Crippen molar-refractivity contribution in [2.45, 2.75) is 13.3 Å². The van der Waals surface area contributed by atoms with Gasteiger partial charge >= 0.3 is 0 Å². The van der Waals surface area contributed by atoms with E-state index in [9.17, 15) is 4.79 Å². The van der Waals surface area contributed by atoms with Crippen LogP contribution in [-0.2, 0) is 13.5 Å². The van der Waals surface area contributed by atoms with E-state index in [-0.39, 0.29) is 5.56 Å². The fourth-order valence-electron chi connectivity index (χ4n) is 2.05. The predicted molar refractivity (Wildman–Crippen MR) is 67.4 cm³/mol. The Labute approximate surface area is 103 Å². The van der Waals surface area contributed by atoms with Crippen molar-refractivity contribution in [3.63, 3.8) is 0 Å². The van der Waals surface area contributed by atoms with Crippen LogP contribution in [0.3, 0.4) is 0 Å². The number of H-pyrrole nitrogens is 1. The second kappa shape index (κ2) is 3.83. The van der Waals surface area contributed by atoms with Gasteiger partial charge in [0.15, 0.2) is 0 Å². The van der Waals surface area contributed by atoms with Crippen molar-refractivity contribution in [2.75, 3.05) is 0 Å². The molecule has 0 spiro atoms. The number of nitrogens with one attached hydrogen (secondary N) is 1. The lowest BCUT2D eigenvalue weighted by molar-refractivity contribution is 0.768. The molecule has 3 rings (SSSR count). The lowest BCUT2D eigenvalue weighted by atomic mass is 10.2. The second-order valence-electron chi connectivity index (χ2n) is 4.21. The molecule has 0 amide bonds. The minimum Gasteiger partial charge on any atom is -0.307 e. The van der Waals surface area contributed by atoms with Crippen LogP contribution in [0.25, 0.3) is 16.9 Å². The molecule has 6 heteroatoms. The minimum atomic E-state index is -0.128. The number of hydrogen-bond donors (Lipinski definition) is 1. The van der Waals surface area contributed by atoms with Crippen LogP contribution in [0.4, 0.5) is 0 Å². The van der Waals surface area contributed by atoms with E-state index >= 15 is 0 Å². The van der Waals surface area contributed by atoms with Crippen LogP contribution in [-0.4, -0.2) is 24.4 Å². The fraction of sp³-hybridized carbons (Fsp3) is 0.250. The van der Waals surface area contributed by atoms with Gasteiger partial charge in [0.05, 0.1) is 18.1 Å². The van der Waals surface area contributed by atoms with E-state index in [2.05, 4.69) is 15.2 Å². The second-order valence-corrected chi connectivity index (χ2v) is 4.21. The lowest BCUT2D eigenvalue weighted by Gasteiger charge is -2.02. The van der Waals surface area contributed by atoms with Crippen LogP contribution in [0.15, 0.2) is 29.5 Å². The van der Waals surface area contributed by atoms with Crippen LogP contribution >= 0.6 is 0 Å². The topological polar surface area (TPSA) is 68.0 Å². The standard InChI is InChI=1S/C12H13N5O/c1-3-8-5-14-17-10(4-11(18)15-12(8)17)9-6-13-16(2)7-9/h4-7H,3H2,1-2H3,(H,15,18). The third kappa shape index (κ3) is 1.54. The molecule has 92 valence electrons. The Hall–Kier alpha value is -2.37. The van der Waals surface area contributed by atoms with E-state index in [4.69, 9.17) is 0 Å². The average Bonchev–Trinajstić information content (AvgIpc) is 2.94. The smallest absolute Gasteiger partial charge is 0.251 e. The van der Waals surface area contributed by atoms with Gasteiger partial charge in [0.1, 0.15) is 5.65 Å². The van der Waals surface area contributed by atoms with Crippen LogP contribution < -0.4 is 5.56 Å². The number of fused-ring (bicyclic) bond motifs is 1. The zero-order valence-corrected chi connectivity index (χ0v) is 10.2. The third-order valence-electron chi connectivity index (χ3n) is 2.96. The fourth-order valence-corrected chi connectivity index (χ4v) is 2.05. The number of aryl methyl sites for hydroxylation is 2. The molecular formula is C12H13N5O. The summed E-state index contributed by atoms with van der Waals surface area (Å²) in [5.74, 6) is 0. The molecule has 0 atom stereocenters. The van der Waals surface area contributed by atoms with E-state index in [0.717, 1.165) is 28.9 Å². The van der Waals surface area contributed by atoms with Gasteiger partial charge in [0, 0.05) is 30.4 Å². The van der Waals surface area contributed by atoms with Crippen LogP contribution in [0.5, 0.6) is 0 Å². The Morgan fingerprint density at radius 3 is 2.83 bits per heavy atom. The van der Waals surface area contributed by atoms with Crippen molar-refractivity contribution >= 4 is 5.65 Å². The summed E-state index contributed by atoms with van der Waals surface area (Å²) in [6.07, 6.45) is 6.20. The molecule has 0 fully saturated rings. The van der Waals surface area contributed by atoms with Gasteiger partial charge in [-0.05, 0) is 6.42 Å². The summed E-state index contributed by atoms with van der Waals surface area (Å²) in [5.41, 5.74) is 3.28. The Kier molecular flexibility index (Phi) is 2.29. The average molecular weight is 243 g/mol. The molecule has 0 radical (unpaired) electrons. The highest BCUT2D eigenvalue weighted by molar-refractivity contribution is 5.62. The summed E-state index contributed by atoms with van der Waals surface area (Å²) in [7, 11) is 1.84. The molecule has 3 aromatic rings. The monoisotopic (exact) mass is 243 g/mol. The minimum absolute atomic E-state index is 0.128. The first-order valence-electron chi connectivity index (χ1n) is 5.78. The van der Waals surface area contributed by atoms with Crippen LogP contribution in [0.1, 0.15) is 12.5 Å². The zero-order chi connectivity index (χ0) is 12.7. The van der Waals surface area contributed by atoms with E-state index in [1.54, 1.807) is 21.6 Å². The summed E-state index contributed by atoms with van der Waals surface area (Å²) in [6, 6.07) is 1.54. The first kappa shape index (κ1) is 10.8. The third-order valence-corrected chi connectivity index (χ3v) is 2.96. The van der Waals surface area contributed by atoms with E-state index in [0.29, 0.717) is 0 Å².